The second-order valence-electron chi connectivity index (χ2n) is 7.23. The molecule has 0 aliphatic carbocycles. The fraction of sp³-hybridized carbons (Fsp3) is 0.684. The standard InChI is InChI=1S/C19H30N2O2S/c1-13-6-5-9-21(11-13)12-14(2)20-19(23)8-7-18(22)17-10-15(3)24-16(17)4/h10,13-14H,5-9,11-12H2,1-4H3,(H,20,23)/t13-,14-/m0/s1. The molecule has 0 aromatic carbocycles. The normalized spacial score (nSPS) is 19.9. The molecule has 0 unspecified atom stereocenters. The highest BCUT2D eigenvalue weighted by Gasteiger charge is 2.19. The summed E-state index contributed by atoms with van der Waals surface area (Å²) in [4.78, 5) is 29.0. The third-order valence-electron chi connectivity index (χ3n) is 4.60. The molecule has 5 heteroatoms. The molecule has 1 amide bonds. The highest BCUT2D eigenvalue weighted by atomic mass is 32.1. The van der Waals surface area contributed by atoms with Crippen LogP contribution in [0.1, 0.15) is 59.6 Å². The smallest absolute Gasteiger partial charge is 0.220 e. The minimum atomic E-state index is -0.0227. The van der Waals surface area contributed by atoms with Crippen LogP contribution < -0.4 is 5.32 Å². The van der Waals surface area contributed by atoms with Gasteiger partial charge < -0.3 is 10.2 Å². The molecule has 1 aliphatic heterocycles. The summed E-state index contributed by atoms with van der Waals surface area (Å²) in [5, 5.41) is 3.04. The molecule has 0 spiro atoms. The maximum absolute atomic E-state index is 12.2. The zero-order chi connectivity index (χ0) is 17.7. The van der Waals surface area contributed by atoms with Crippen LogP contribution in [-0.2, 0) is 4.79 Å². The van der Waals surface area contributed by atoms with Gasteiger partial charge in [-0.3, -0.25) is 9.59 Å². The Labute approximate surface area is 149 Å². The summed E-state index contributed by atoms with van der Waals surface area (Å²) < 4.78 is 0. The van der Waals surface area contributed by atoms with E-state index < -0.39 is 0 Å². The van der Waals surface area contributed by atoms with Crippen LogP contribution in [0.15, 0.2) is 6.07 Å². The molecule has 1 aliphatic rings. The van der Waals surface area contributed by atoms with Crippen LogP contribution in [-0.4, -0.2) is 42.3 Å². The zero-order valence-corrected chi connectivity index (χ0v) is 16.2. The number of nitrogens with zero attached hydrogens (tertiary/aromatic N) is 1. The van der Waals surface area contributed by atoms with Gasteiger partial charge in [-0.1, -0.05) is 6.92 Å². The number of thiophene rings is 1. The molecule has 2 heterocycles. The van der Waals surface area contributed by atoms with E-state index in [0.29, 0.717) is 0 Å². The van der Waals surface area contributed by atoms with E-state index in [2.05, 4.69) is 17.1 Å². The minimum Gasteiger partial charge on any atom is -0.352 e. The number of carbonyl (C=O) groups is 2. The molecular formula is C19H30N2O2S. The van der Waals surface area contributed by atoms with Gasteiger partial charge in [0.1, 0.15) is 0 Å². The van der Waals surface area contributed by atoms with Gasteiger partial charge in [-0.25, -0.2) is 0 Å². The Morgan fingerprint density at radius 3 is 2.75 bits per heavy atom. The molecule has 2 atom stereocenters. The van der Waals surface area contributed by atoms with Crippen molar-refractivity contribution in [3.8, 4) is 0 Å². The molecule has 0 bridgehead atoms. The van der Waals surface area contributed by atoms with Crippen molar-refractivity contribution in [1.82, 2.24) is 10.2 Å². The van der Waals surface area contributed by atoms with Crippen molar-refractivity contribution in [2.24, 2.45) is 5.92 Å². The Bertz CT molecular complexity index is 582. The predicted octanol–water partition coefficient (Wildman–Crippen LogP) is 3.56. The van der Waals surface area contributed by atoms with E-state index in [1.54, 1.807) is 11.3 Å². The summed E-state index contributed by atoms with van der Waals surface area (Å²) in [6.07, 6.45) is 3.11. The van der Waals surface area contributed by atoms with Gasteiger partial charge in [-0.15, -0.1) is 11.3 Å². The van der Waals surface area contributed by atoms with E-state index in [0.717, 1.165) is 40.9 Å². The van der Waals surface area contributed by atoms with Crippen LogP contribution in [0.25, 0.3) is 0 Å². The van der Waals surface area contributed by atoms with Crippen molar-refractivity contribution in [2.75, 3.05) is 19.6 Å². The lowest BCUT2D eigenvalue weighted by Gasteiger charge is -2.32. The van der Waals surface area contributed by atoms with Gasteiger partial charge in [0.05, 0.1) is 0 Å². The number of likely N-dealkylation sites (tertiary alicyclic amines) is 1. The first-order chi connectivity index (χ1) is 11.3. The highest BCUT2D eigenvalue weighted by Crippen LogP contribution is 2.22. The van der Waals surface area contributed by atoms with E-state index in [9.17, 15) is 9.59 Å². The topological polar surface area (TPSA) is 49.4 Å². The Balaban J connectivity index is 1.72. The van der Waals surface area contributed by atoms with Crippen LogP contribution in [0, 0.1) is 19.8 Å². The largest absolute Gasteiger partial charge is 0.352 e. The summed E-state index contributed by atoms with van der Waals surface area (Å²) in [6, 6.07) is 2.06. The van der Waals surface area contributed by atoms with Crippen LogP contribution in [0.3, 0.4) is 0 Å². The average Bonchev–Trinajstić information content (AvgIpc) is 2.83. The fourth-order valence-corrected chi connectivity index (χ4v) is 4.44. The Kier molecular flexibility index (Phi) is 6.99. The summed E-state index contributed by atoms with van der Waals surface area (Å²) in [5.74, 6) is 0.798. The predicted molar refractivity (Wildman–Crippen MR) is 99.8 cm³/mol. The Morgan fingerprint density at radius 1 is 1.38 bits per heavy atom. The lowest BCUT2D eigenvalue weighted by Crippen LogP contribution is -2.45. The number of nitrogens with one attached hydrogen (secondary N) is 1. The molecule has 24 heavy (non-hydrogen) atoms. The zero-order valence-electron chi connectivity index (χ0n) is 15.4. The number of amides is 1. The quantitative estimate of drug-likeness (QED) is 0.765. The number of rotatable bonds is 7. The van der Waals surface area contributed by atoms with E-state index in [4.69, 9.17) is 0 Å². The molecule has 1 saturated heterocycles. The van der Waals surface area contributed by atoms with Gasteiger partial charge in [-0.05, 0) is 52.1 Å². The first-order valence-electron chi connectivity index (χ1n) is 8.97. The van der Waals surface area contributed by atoms with E-state index in [1.807, 2.05) is 26.8 Å². The van der Waals surface area contributed by atoms with E-state index in [1.165, 1.54) is 12.8 Å². The maximum Gasteiger partial charge on any atom is 0.220 e. The van der Waals surface area contributed by atoms with E-state index in [-0.39, 0.29) is 30.6 Å². The van der Waals surface area contributed by atoms with Gasteiger partial charge in [-0.2, -0.15) is 0 Å². The van der Waals surface area contributed by atoms with Gasteiger partial charge in [0.2, 0.25) is 5.91 Å². The molecule has 1 aromatic heterocycles. The Morgan fingerprint density at radius 2 is 2.12 bits per heavy atom. The number of ketones is 1. The highest BCUT2D eigenvalue weighted by molar-refractivity contribution is 7.12. The molecule has 134 valence electrons. The molecule has 0 saturated carbocycles. The molecule has 0 radical (unpaired) electrons. The van der Waals surface area contributed by atoms with Crippen molar-refractivity contribution in [1.29, 1.82) is 0 Å². The molecule has 4 nitrogen and oxygen atoms in total. The minimum absolute atomic E-state index is 0.0227. The molecule has 1 N–H and O–H groups in total. The van der Waals surface area contributed by atoms with Gasteiger partial charge in [0, 0.05) is 47.3 Å². The number of hydrogen-bond donors (Lipinski definition) is 1. The lowest BCUT2D eigenvalue weighted by molar-refractivity contribution is -0.121. The van der Waals surface area contributed by atoms with Gasteiger partial charge in [0.25, 0.3) is 0 Å². The first-order valence-corrected chi connectivity index (χ1v) is 9.78. The number of hydrogen-bond acceptors (Lipinski definition) is 4. The van der Waals surface area contributed by atoms with Crippen molar-refractivity contribution < 1.29 is 9.59 Å². The van der Waals surface area contributed by atoms with Crippen LogP contribution in [0.5, 0.6) is 0 Å². The van der Waals surface area contributed by atoms with Crippen molar-refractivity contribution in [3.63, 3.8) is 0 Å². The van der Waals surface area contributed by atoms with Gasteiger partial charge >= 0.3 is 0 Å². The SMILES string of the molecule is Cc1cc(C(=O)CCC(=O)N[C@@H](C)CN2CCC[C@H](C)C2)c(C)s1. The van der Waals surface area contributed by atoms with Crippen LogP contribution in [0.4, 0.5) is 0 Å². The van der Waals surface area contributed by atoms with E-state index >= 15 is 0 Å². The first kappa shape index (κ1) is 19.1. The number of piperidine rings is 1. The number of Topliss-reactive ketones (excluding diaryl/α,β-unsaturated/α-hetero) is 1. The molecular weight excluding hydrogens is 320 g/mol. The maximum atomic E-state index is 12.2. The van der Waals surface area contributed by atoms with Crippen molar-refractivity contribution >= 4 is 23.0 Å². The van der Waals surface area contributed by atoms with Gasteiger partial charge in [0.15, 0.2) is 5.78 Å². The van der Waals surface area contributed by atoms with Crippen molar-refractivity contribution in [3.05, 3.63) is 21.4 Å². The summed E-state index contributed by atoms with van der Waals surface area (Å²) in [7, 11) is 0. The lowest BCUT2D eigenvalue weighted by atomic mass is 10.00. The second-order valence-corrected chi connectivity index (χ2v) is 8.69. The molecule has 1 fully saturated rings. The monoisotopic (exact) mass is 350 g/mol. The van der Waals surface area contributed by atoms with Crippen LogP contribution >= 0.6 is 11.3 Å². The van der Waals surface area contributed by atoms with Crippen molar-refractivity contribution in [2.45, 2.75) is 59.4 Å². The van der Waals surface area contributed by atoms with Crippen LogP contribution in [0.2, 0.25) is 0 Å². The summed E-state index contributed by atoms with van der Waals surface area (Å²) >= 11 is 1.64. The fourth-order valence-electron chi connectivity index (χ4n) is 3.50. The second kappa shape index (κ2) is 8.77. The third-order valence-corrected chi connectivity index (χ3v) is 5.57. The molecule has 2 rings (SSSR count). The third kappa shape index (κ3) is 5.71. The summed E-state index contributed by atoms with van der Waals surface area (Å²) in [5.41, 5.74) is 0.778. The number of aryl methyl sites for hydroxylation is 2. The number of carbonyl (C=O) groups excluding carboxylic acids is 2. The molecule has 1 aromatic rings. The average molecular weight is 351 g/mol. The Hall–Kier alpha value is -1.20. The summed E-state index contributed by atoms with van der Waals surface area (Å²) in [6.45, 7) is 11.4.